The summed E-state index contributed by atoms with van der Waals surface area (Å²) in [5.41, 5.74) is 1.02. The summed E-state index contributed by atoms with van der Waals surface area (Å²) >= 11 is 5.96. The van der Waals surface area contributed by atoms with Gasteiger partial charge in [0.25, 0.3) is 0 Å². The van der Waals surface area contributed by atoms with Gasteiger partial charge in [-0.3, -0.25) is 4.57 Å². The number of hydrogen-bond acceptors (Lipinski definition) is 2. The van der Waals surface area contributed by atoms with Crippen LogP contribution in [0.4, 0.5) is 5.95 Å². The highest BCUT2D eigenvalue weighted by Crippen LogP contribution is 2.18. The summed E-state index contributed by atoms with van der Waals surface area (Å²) in [5, 5.41) is 4.00. The zero-order valence-electron chi connectivity index (χ0n) is 9.15. The minimum atomic E-state index is 0.729. The van der Waals surface area contributed by atoms with Crippen LogP contribution in [0.25, 0.3) is 5.69 Å². The Morgan fingerprint density at radius 3 is 3.06 bits per heavy atom. The van der Waals surface area contributed by atoms with Gasteiger partial charge in [-0.25, -0.2) is 4.98 Å². The molecular formula is C12H14ClN3. The molecule has 1 heterocycles. The molecule has 2 rings (SSSR count). The van der Waals surface area contributed by atoms with Gasteiger partial charge >= 0.3 is 0 Å². The molecule has 1 aromatic heterocycles. The predicted molar refractivity (Wildman–Crippen MR) is 67.4 cm³/mol. The van der Waals surface area contributed by atoms with Crippen molar-refractivity contribution in [2.45, 2.75) is 13.3 Å². The Morgan fingerprint density at radius 2 is 2.31 bits per heavy atom. The highest BCUT2D eigenvalue weighted by atomic mass is 35.5. The predicted octanol–water partition coefficient (Wildman–Crippen LogP) is 3.35. The van der Waals surface area contributed by atoms with E-state index in [1.165, 1.54) is 0 Å². The highest BCUT2D eigenvalue weighted by molar-refractivity contribution is 6.30. The lowest BCUT2D eigenvalue weighted by Crippen LogP contribution is -2.06. The van der Waals surface area contributed by atoms with E-state index in [1.54, 1.807) is 6.20 Å². The van der Waals surface area contributed by atoms with Gasteiger partial charge in [0, 0.05) is 29.6 Å². The summed E-state index contributed by atoms with van der Waals surface area (Å²) in [5.74, 6) is 0.851. The molecule has 0 aliphatic rings. The summed E-state index contributed by atoms with van der Waals surface area (Å²) in [6.07, 6.45) is 4.77. The Balaban J connectivity index is 2.29. The van der Waals surface area contributed by atoms with E-state index >= 15 is 0 Å². The van der Waals surface area contributed by atoms with Crippen molar-refractivity contribution in [1.29, 1.82) is 0 Å². The summed E-state index contributed by atoms with van der Waals surface area (Å²) < 4.78 is 1.99. The van der Waals surface area contributed by atoms with Gasteiger partial charge in [-0.2, -0.15) is 0 Å². The standard InChI is InChI=1S/C12H14ClN3/c1-2-6-14-12-15-7-8-16(12)11-5-3-4-10(13)9-11/h3-5,7-9H,2,6H2,1H3,(H,14,15). The number of hydrogen-bond donors (Lipinski definition) is 1. The maximum absolute atomic E-state index is 5.96. The maximum Gasteiger partial charge on any atom is 0.207 e. The molecule has 84 valence electrons. The smallest absolute Gasteiger partial charge is 0.207 e. The van der Waals surface area contributed by atoms with Crippen molar-refractivity contribution in [2.24, 2.45) is 0 Å². The number of aromatic nitrogens is 2. The average molecular weight is 236 g/mol. The van der Waals surface area contributed by atoms with Crippen LogP contribution in [0.3, 0.4) is 0 Å². The monoisotopic (exact) mass is 235 g/mol. The Bertz CT molecular complexity index is 465. The van der Waals surface area contributed by atoms with E-state index in [0.29, 0.717) is 0 Å². The van der Waals surface area contributed by atoms with Crippen LogP contribution in [-0.2, 0) is 0 Å². The second-order valence-corrected chi connectivity index (χ2v) is 3.96. The van der Waals surface area contributed by atoms with Crippen LogP contribution in [0.1, 0.15) is 13.3 Å². The van der Waals surface area contributed by atoms with Crippen molar-refractivity contribution >= 4 is 17.5 Å². The van der Waals surface area contributed by atoms with E-state index in [0.717, 1.165) is 29.6 Å². The number of imidazole rings is 1. The molecule has 0 saturated carbocycles. The van der Waals surface area contributed by atoms with E-state index in [9.17, 15) is 0 Å². The molecule has 0 radical (unpaired) electrons. The molecule has 0 aliphatic carbocycles. The fourth-order valence-corrected chi connectivity index (χ4v) is 1.69. The first-order valence-corrected chi connectivity index (χ1v) is 5.72. The van der Waals surface area contributed by atoms with Gasteiger partial charge in [0.1, 0.15) is 0 Å². The molecule has 0 amide bonds. The van der Waals surface area contributed by atoms with E-state index < -0.39 is 0 Å². The second kappa shape index (κ2) is 5.03. The first-order valence-electron chi connectivity index (χ1n) is 5.34. The topological polar surface area (TPSA) is 29.9 Å². The van der Waals surface area contributed by atoms with Gasteiger partial charge in [0.2, 0.25) is 5.95 Å². The first-order chi connectivity index (χ1) is 7.81. The summed E-state index contributed by atoms with van der Waals surface area (Å²) in [6, 6.07) is 7.72. The van der Waals surface area contributed by atoms with Gasteiger partial charge in [0.15, 0.2) is 0 Å². The lowest BCUT2D eigenvalue weighted by atomic mass is 10.3. The highest BCUT2D eigenvalue weighted by Gasteiger charge is 2.03. The Labute approximate surface area is 100 Å². The molecule has 2 aromatic rings. The number of nitrogens with zero attached hydrogens (tertiary/aromatic N) is 2. The van der Waals surface area contributed by atoms with Crippen LogP contribution in [0.5, 0.6) is 0 Å². The van der Waals surface area contributed by atoms with E-state index in [4.69, 9.17) is 11.6 Å². The van der Waals surface area contributed by atoms with Crippen LogP contribution < -0.4 is 5.32 Å². The average Bonchev–Trinajstić information content (AvgIpc) is 2.74. The zero-order chi connectivity index (χ0) is 11.4. The SMILES string of the molecule is CCCNc1nccn1-c1cccc(Cl)c1. The van der Waals surface area contributed by atoms with Gasteiger partial charge in [-0.1, -0.05) is 24.6 Å². The minimum absolute atomic E-state index is 0.729. The quantitative estimate of drug-likeness (QED) is 0.881. The summed E-state index contributed by atoms with van der Waals surface area (Å²) in [4.78, 5) is 4.27. The van der Waals surface area contributed by atoms with Crippen molar-refractivity contribution in [3.63, 3.8) is 0 Å². The van der Waals surface area contributed by atoms with Crippen molar-refractivity contribution in [2.75, 3.05) is 11.9 Å². The molecule has 1 aromatic carbocycles. The fraction of sp³-hybridized carbons (Fsp3) is 0.250. The van der Waals surface area contributed by atoms with E-state index in [2.05, 4.69) is 17.2 Å². The van der Waals surface area contributed by atoms with Crippen LogP contribution in [0.2, 0.25) is 5.02 Å². The van der Waals surface area contributed by atoms with E-state index in [-0.39, 0.29) is 0 Å². The molecule has 0 unspecified atom stereocenters. The number of anilines is 1. The molecule has 1 N–H and O–H groups in total. The van der Waals surface area contributed by atoms with Gasteiger partial charge in [0.05, 0.1) is 0 Å². The Hall–Kier alpha value is -1.48. The molecule has 3 nitrogen and oxygen atoms in total. The van der Waals surface area contributed by atoms with E-state index in [1.807, 2.05) is 35.0 Å². The maximum atomic E-state index is 5.96. The van der Waals surface area contributed by atoms with Crippen molar-refractivity contribution in [1.82, 2.24) is 9.55 Å². The molecule has 0 spiro atoms. The third-order valence-corrected chi connectivity index (χ3v) is 2.50. The van der Waals surface area contributed by atoms with Gasteiger partial charge < -0.3 is 5.32 Å². The fourth-order valence-electron chi connectivity index (χ4n) is 1.51. The third kappa shape index (κ3) is 2.36. The van der Waals surface area contributed by atoms with Crippen LogP contribution in [0, 0.1) is 0 Å². The third-order valence-electron chi connectivity index (χ3n) is 2.26. The summed E-state index contributed by atoms with van der Waals surface area (Å²) in [7, 11) is 0. The van der Waals surface area contributed by atoms with Gasteiger partial charge in [-0.15, -0.1) is 0 Å². The zero-order valence-corrected chi connectivity index (χ0v) is 9.91. The molecular weight excluding hydrogens is 222 g/mol. The molecule has 0 fully saturated rings. The number of benzene rings is 1. The largest absolute Gasteiger partial charge is 0.355 e. The normalized spacial score (nSPS) is 10.4. The summed E-state index contributed by atoms with van der Waals surface area (Å²) in [6.45, 7) is 3.04. The van der Waals surface area contributed by atoms with Crippen molar-refractivity contribution < 1.29 is 0 Å². The first kappa shape index (κ1) is 11.0. The lowest BCUT2D eigenvalue weighted by molar-refractivity contribution is 0.937. The lowest BCUT2D eigenvalue weighted by Gasteiger charge is -2.09. The van der Waals surface area contributed by atoms with Crippen LogP contribution >= 0.6 is 11.6 Å². The van der Waals surface area contributed by atoms with Crippen molar-refractivity contribution in [3.05, 3.63) is 41.7 Å². The number of rotatable bonds is 4. The molecule has 0 aliphatic heterocycles. The number of nitrogens with one attached hydrogen (secondary N) is 1. The molecule has 0 bridgehead atoms. The Kier molecular flexibility index (Phi) is 3.47. The van der Waals surface area contributed by atoms with Crippen LogP contribution in [0.15, 0.2) is 36.7 Å². The molecule has 0 saturated heterocycles. The second-order valence-electron chi connectivity index (χ2n) is 3.53. The van der Waals surface area contributed by atoms with Crippen LogP contribution in [-0.4, -0.2) is 16.1 Å². The molecule has 4 heteroatoms. The molecule has 0 atom stereocenters. The number of halogens is 1. The minimum Gasteiger partial charge on any atom is -0.355 e. The van der Waals surface area contributed by atoms with Crippen molar-refractivity contribution in [3.8, 4) is 5.69 Å². The Morgan fingerprint density at radius 1 is 1.44 bits per heavy atom. The van der Waals surface area contributed by atoms with Gasteiger partial charge in [-0.05, 0) is 24.6 Å². The molecule has 16 heavy (non-hydrogen) atoms.